The summed E-state index contributed by atoms with van der Waals surface area (Å²) >= 11 is 3.03. The number of aryl methyl sites for hydroxylation is 3. The summed E-state index contributed by atoms with van der Waals surface area (Å²) in [5.41, 5.74) is 3.43. The summed E-state index contributed by atoms with van der Waals surface area (Å²) in [6.45, 7) is 5.82. The topological polar surface area (TPSA) is 71.1 Å². The lowest BCUT2D eigenvalue weighted by Crippen LogP contribution is -2.32. The molecule has 26 heavy (non-hydrogen) atoms. The highest BCUT2D eigenvalue weighted by atomic mass is 32.1. The molecule has 5 nitrogen and oxygen atoms in total. The SMILES string of the molecule is Cc1cc(C)cc(C(=O)NCC(=O)Nc2nc(-c3ccc(C)s3)cs2)c1. The van der Waals surface area contributed by atoms with Crippen LogP contribution in [0, 0.1) is 20.8 Å². The van der Waals surface area contributed by atoms with Gasteiger partial charge in [0.05, 0.1) is 17.1 Å². The number of aromatic nitrogens is 1. The molecule has 134 valence electrons. The maximum Gasteiger partial charge on any atom is 0.251 e. The molecule has 0 saturated heterocycles. The molecule has 0 radical (unpaired) electrons. The van der Waals surface area contributed by atoms with Gasteiger partial charge in [0.25, 0.3) is 5.91 Å². The molecule has 0 saturated carbocycles. The highest BCUT2D eigenvalue weighted by molar-refractivity contribution is 7.17. The first-order valence-electron chi connectivity index (χ1n) is 8.09. The Hall–Kier alpha value is -2.51. The van der Waals surface area contributed by atoms with E-state index < -0.39 is 0 Å². The molecule has 3 rings (SSSR count). The number of amides is 2. The van der Waals surface area contributed by atoms with E-state index in [1.54, 1.807) is 23.5 Å². The molecule has 0 unspecified atom stereocenters. The Morgan fingerprint density at radius 2 is 1.81 bits per heavy atom. The second-order valence-corrected chi connectivity index (χ2v) is 8.20. The standard InChI is InChI=1S/C19H19N3O2S2/c1-11-6-12(2)8-14(7-11)18(24)20-9-17(23)22-19-21-15(10-25-19)16-5-4-13(3)26-16/h4-8,10H,9H2,1-3H3,(H,20,24)(H,21,22,23). The van der Waals surface area contributed by atoms with Crippen LogP contribution in [0.15, 0.2) is 35.7 Å². The first kappa shape index (κ1) is 18.3. The predicted molar refractivity (Wildman–Crippen MR) is 107 cm³/mol. The van der Waals surface area contributed by atoms with E-state index in [4.69, 9.17) is 0 Å². The number of thiophene rings is 1. The minimum Gasteiger partial charge on any atom is -0.343 e. The van der Waals surface area contributed by atoms with Crippen LogP contribution < -0.4 is 10.6 Å². The minimum absolute atomic E-state index is 0.0984. The Kier molecular flexibility index (Phi) is 5.49. The zero-order chi connectivity index (χ0) is 18.7. The normalized spacial score (nSPS) is 10.6. The van der Waals surface area contributed by atoms with Crippen molar-refractivity contribution in [1.29, 1.82) is 0 Å². The number of hydrogen-bond acceptors (Lipinski definition) is 5. The van der Waals surface area contributed by atoms with Crippen LogP contribution in [0.4, 0.5) is 5.13 Å². The summed E-state index contributed by atoms with van der Waals surface area (Å²) in [7, 11) is 0. The zero-order valence-corrected chi connectivity index (χ0v) is 16.4. The molecule has 2 amide bonds. The van der Waals surface area contributed by atoms with Crippen molar-refractivity contribution in [2.75, 3.05) is 11.9 Å². The Morgan fingerprint density at radius 3 is 2.46 bits per heavy atom. The van der Waals surface area contributed by atoms with Gasteiger partial charge in [-0.3, -0.25) is 9.59 Å². The maximum atomic E-state index is 12.2. The second kappa shape index (κ2) is 7.80. The third-order valence-electron chi connectivity index (χ3n) is 3.64. The van der Waals surface area contributed by atoms with Gasteiger partial charge in [0.1, 0.15) is 0 Å². The average Bonchev–Trinajstić information content (AvgIpc) is 3.20. The molecule has 0 aliphatic carbocycles. The van der Waals surface area contributed by atoms with Crippen LogP contribution >= 0.6 is 22.7 Å². The molecular formula is C19H19N3O2S2. The number of carbonyl (C=O) groups excluding carboxylic acids is 2. The molecule has 3 aromatic rings. The molecule has 0 aliphatic rings. The molecule has 0 bridgehead atoms. The summed E-state index contributed by atoms with van der Waals surface area (Å²) in [6, 6.07) is 9.66. The van der Waals surface area contributed by atoms with Gasteiger partial charge in [-0.1, -0.05) is 17.2 Å². The largest absolute Gasteiger partial charge is 0.343 e. The molecule has 0 aliphatic heterocycles. The van der Waals surface area contributed by atoms with Crippen molar-refractivity contribution in [2.24, 2.45) is 0 Å². The van der Waals surface area contributed by atoms with Gasteiger partial charge < -0.3 is 10.6 Å². The maximum absolute atomic E-state index is 12.2. The minimum atomic E-state index is -0.300. The Morgan fingerprint density at radius 1 is 1.08 bits per heavy atom. The molecule has 0 atom stereocenters. The third kappa shape index (κ3) is 4.56. The number of rotatable bonds is 5. The number of nitrogens with zero attached hydrogens (tertiary/aromatic N) is 1. The van der Waals surface area contributed by atoms with E-state index in [0.29, 0.717) is 10.7 Å². The smallest absolute Gasteiger partial charge is 0.251 e. The summed E-state index contributed by atoms with van der Waals surface area (Å²) < 4.78 is 0. The molecule has 0 fully saturated rings. The fourth-order valence-corrected chi connectivity index (χ4v) is 4.18. The van der Waals surface area contributed by atoms with E-state index in [-0.39, 0.29) is 18.4 Å². The Bertz CT molecular complexity index is 939. The van der Waals surface area contributed by atoms with E-state index >= 15 is 0 Å². The monoisotopic (exact) mass is 385 g/mol. The summed E-state index contributed by atoms with van der Waals surface area (Å²) in [5, 5.41) is 7.81. The van der Waals surface area contributed by atoms with Crippen LogP contribution in [0.5, 0.6) is 0 Å². The number of hydrogen-bond donors (Lipinski definition) is 2. The average molecular weight is 386 g/mol. The predicted octanol–water partition coefficient (Wildman–Crippen LogP) is 4.17. The van der Waals surface area contributed by atoms with Crippen molar-refractivity contribution in [2.45, 2.75) is 20.8 Å². The molecule has 7 heteroatoms. The van der Waals surface area contributed by atoms with Crippen LogP contribution in [0.25, 0.3) is 10.6 Å². The van der Waals surface area contributed by atoms with Crippen molar-refractivity contribution < 1.29 is 9.59 Å². The van der Waals surface area contributed by atoms with Gasteiger partial charge in [-0.25, -0.2) is 4.98 Å². The van der Waals surface area contributed by atoms with Gasteiger partial charge >= 0.3 is 0 Å². The van der Waals surface area contributed by atoms with Crippen LogP contribution in [-0.2, 0) is 4.79 Å². The second-order valence-electron chi connectivity index (χ2n) is 6.06. The molecule has 2 N–H and O–H groups in total. The van der Waals surface area contributed by atoms with Crippen LogP contribution in [0.1, 0.15) is 26.4 Å². The molecule has 2 heterocycles. The van der Waals surface area contributed by atoms with Crippen molar-refractivity contribution >= 4 is 39.6 Å². The highest BCUT2D eigenvalue weighted by Crippen LogP contribution is 2.30. The van der Waals surface area contributed by atoms with Gasteiger partial charge in [0, 0.05) is 15.8 Å². The van der Waals surface area contributed by atoms with Crippen molar-refractivity contribution in [1.82, 2.24) is 10.3 Å². The Labute approximate surface area is 160 Å². The van der Waals surface area contributed by atoms with Crippen molar-refractivity contribution in [3.05, 3.63) is 57.3 Å². The van der Waals surface area contributed by atoms with Gasteiger partial charge in [-0.2, -0.15) is 0 Å². The van der Waals surface area contributed by atoms with E-state index in [1.165, 1.54) is 16.2 Å². The zero-order valence-electron chi connectivity index (χ0n) is 14.8. The van der Waals surface area contributed by atoms with Crippen LogP contribution in [0.2, 0.25) is 0 Å². The summed E-state index contributed by atoms with van der Waals surface area (Å²) in [6.07, 6.45) is 0. The fourth-order valence-electron chi connectivity index (χ4n) is 2.55. The van der Waals surface area contributed by atoms with Crippen LogP contribution in [0.3, 0.4) is 0 Å². The lowest BCUT2D eigenvalue weighted by atomic mass is 10.1. The molecular weight excluding hydrogens is 366 g/mol. The quantitative estimate of drug-likeness (QED) is 0.693. The van der Waals surface area contributed by atoms with Crippen molar-refractivity contribution in [3.63, 3.8) is 0 Å². The number of benzene rings is 1. The molecule has 0 spiro atoms. The number of anilines is 1. The third-order valence-corrected chi connectivity index (χ3v) is 5.42. The lowest BCUT2D eigenvalue weighted by molar-refractivity contribution is -0.115. The lowest BCUT2D eigenvalue weighted by Gasteiger charge is -2.07. The number of thiazole rings is 1. The summed E-state index contributed by atoms with van der Waals surface area (Å²) in [5.74, 6) is -0.563. The molecule has 1 aromatic carbocycles. The highest BCUT2D eigenvalue weighted by Gasteiger charge is 2.12. The van der Waals surface area contributed by atoms with Crippen molar-refractivity contribution in [3.8, 4) is 10.6 Å². The van der Waals surface area contributed by atoms with E-state index in [2.05, 4.69) is 15.6 Å². The van der Waals surface area contributed by atoms with E-state index in [1.807, 2.05) is 44.4 Å². The van der Waals surface area contributed by atoms with E-state index in [0.717, 1.165) is 21.7 Å². The molecule has 2 aromatic heterocycles. The van der Waals surface area contributed by atoms with Gasteiger partial charge in [-0.05, 0) is 45.0 Å². The first-order chi connectivity index (χ1) is 12.4. The van der Waals surface area contributed by atoms with E-state index in [9.17, 15) is 9.59 Å². The summed E-state index contributed by atoms with van der Waals surface area (Å²) in [4.78, 5) is 31.0. The number of nitrogens with one attached hydrogen (secondary N) is 2. The van der Waals surface area contributed by atoms with Gasteiger partial charge in [-0.15, -0.1) is 22.7 Å². The van der Waals surface area contributed by atoms with Crippen LogP contribution in [-0.4, -0.2) is 23.3 Å². The Balaban J connectivity index is 1.56. The first-order valence-corrected chi connectivity index (χ1v) is 9.79. The fraction of sp³-hybridized carbons (Fsp3) is 0.211. The van der Waals surface area contributed by atoms with Gasteiger partial charge in [0.15, 0.2) is 5.13 Å². The van der Waals surface area contributed by atoms with Gasteiger partial charge in [0.2, 0.25) is 5.91 Å². The number of carbonyl (C=O) groups is 2.